The minimum atomic E-state index is 0.392. The zero-order valence-corrected chi connectivity index (χ0v) is 13.4. The van der Waals surface area contributed by atoms with E-state index < -0.39 is 0 Å². The molecular weight excluding hydrogens is 330 g/mol. The largest absolute Gasteiger partial charge is 0.358 e. The van der Waals surface area contributed by atoms with Gasteiger partial charge in [-0.25, -0.2) is 4.98 Å². The molecule has 96 valence electrons. The van der Waals surface area contributed by atoms with Crippen molar-refractivity contribution in [3.05, 3.63) is 34.6 Å². The molecule has 0 saturated heterocycles. The molecule has 0 atom stereocenters. The van der Waals surface area contributed by atoms with Crippen LogP contribution in [0.15, 0.2) is 33.6 Å². The lowest BCUT2D eigenvalue weighted by Gasteiger charge is -2.03. The van der Waals surface area contributed by atoms with Gasteiger partial charge < -0.3 is 5.32 Å². The van der Waals surface area contributed by atoms with Crippen LogP contribution in [0.4, 0.5) is 5.13 Å². The molecule has 0 saturated carbocycles. The molecule has 6 heteroatoms. The van der Waals surface area contributed by atoms with Gasteiger partial charge in [0.25, 0.3) is 0 Å². The van der Waals surface area contributed by atoms with Gasteiger partial charge in [0.15, 0.2) is 5.82 Å². The van der Waals surface area contributed by atoms with Crippen molar-refractivity contribution in [3.8, 4) is 0 Å². The second-order valence-corrected chi connectivity index (χ2v) is 6.78. The van der Waals surface area contributed by atoms with Crippen molar-refractivity contribution in [3.63, 3.8) is 0 Å². The monoisotopic (exact) mass is 343 g/mol. The Labute approximate surface area is 124 Å². The van der Waals surface area contributed by atoms with Gasteiger partial charge in [-0.3, -0.25) is 0 Å². The molecule has 0 spiro atoms. The third kappa shape index (κ3) is 4.26. The van der Waals surface area contributed by atoms with Crippen molar-refractivity contribution in [1.82, 2.24) is 9.36 Å². The molecule has 0 amide bonds. The zero-order valence-electron chi connectivity index (χ0n) is 10.2. The molecule has 2 aromatic rings. The Morgan fingerprint density at radius 2 is 2.28 bits per heavy atom. The van der Waals surface area contributed by atoms with Crippen LogP contribution in [-0.2, 0) is 5.75 Å². The highest BCUT2D eigenvalue weighted by atomic mass is 79.9. The topological polar surface area (TPSA) is 37.8 Å². The Kier molecular flexibility index (Phi) is 5.03. The van der Waals surface area contributed by atoms with Gasteiger partial charge in [-0.2, -0.15) is 4.37 Å². The van der Waals surface area contributed by atoms with Crippen LogP contribution >= 0.6 is 39.2 Å². The first-order chi connectivity index (χ1) is 8.63. The summed E-state index contributed by atoms with van der Waals surface area (Å²) in [5.41, 5.74) is 0. The standard InChI is InChI=1S/C12H14BrN3S2/c1-8(2)14-12-15-11(16-18-12)7-17-10-5-3-4-9(13)6-10/h3-6,8H,7H2,1-2H3,(H,14,15,16). The fraction of sp³-hybridized carbons (Fsp3) is 0.333. The molecule has 1 heterocycles. The summed E-state index contributed by atoms with van der Waals surface area (Å²) in [6, 6.07) is 8.64. The summed E-state index contributed by atoms with van der Waals surface area (Å²) in [6.07, 6.45) is 0. The number of rotatable bonds is 5. The predicted octanol–water partition coefficient (Wildman–Crippen LogP) is 4.41. The van der Waals surface area contributed by atoms with Crippen molar-refractivity contribution in [2.45, 2.75) is 30.5 Å². The quantitative estimate of drug-likeness (QED) is 0.815. The van der Waals surface area contributed by atoms with E-state index in [-0.39, 0.29) is 0 Å². The van der Waals surface area contributed by atoms with E-state index >= 15 is 0 Å². The highest BCUT2D eigenvalue weighted by Gasteiger charge is 2.05. The van der Waals surface area contributed by atoms with Gasteiger partial charge >= 0.3 is 0 Å². The number of nitrogens with one attached hydrogen (secondary N) is 1. The maximum Gasteiger partial charge on any atom is 0.202 e. The molecular formula is C12H14BrN3S2. The third-order valence-corrected chi connectivity index (χ3v) is 4.21. The van der Waals surface area contributed by atoms with Crippen molar-refractivity contribution in [2.24, 2.45) is 0 Å². The second-order valence-electron chi connectivity index (χ2n) is 4.06. The van der Waals surface area contributed by atoms with E-state index in [9.17, 15) is 0 Å². The van der Waals surface area contributed by atoms with Gasteiger partial charge in [0.2, 0.25) is 5.13 Å². The van der Waals surface area contributed by atoms with Crippen LogP contribution in [-0.4, -0.2) is 15.4 Å². The van der Waals surface area contributed by atoms with Crippen LogP contribution in [0.25, 0.3) is 0 Å². The molecule has 0 aliphatic rings. The molecule has 0 radical (unpaired) electrons. The summed E-state index contributed by atoms with van der Waals surface area (Å²) >= 11 is 6.63. The summed E-state index contributed by atoms with van der Waals surface area (Å²) in [4.78, 5) is 5.67. The van der Waals surface area contributed by atoms with Gasteiger partial charge in [0.1, 0.15) is 0 Å². The second kappa shape index (κ2) is 6.54. The van der Waals surface area contributed by atoms with Crippen LogP contribution in [0, 0.1) is 0 Å². The van der Waals surface area contributed by atoms with Crippen LogP contribution in [0.1, 0.15) is 19.7 Å². The molecule has 18 heavy (non-hydrogen) atoms. The van der Waals surface area contributed by atoms with Crippen molar-refractivity contribution < 1.29 is 0 Å². The van der Waals surface area contributed by atoms with Crippen LogP contribution in [0.2, 0.25) is 0 Å². The average molecular weight is 344 g/mol. The summed E-state index contributed by atoms with van der Waals surface area (Å²) in [5.74, 6) is 1.68. The summed E-state index contributed by atoms with van der Waals surface area (Å²) in [5, 5.41) is 4.16. The number of halogens is 1. The van der Waals surface area contributed by atoms with Crippen LogP contribution in [0.5, 0.6) is 0 Å². The maximum absolute atomic E-state index is 4.45. The Morgan fingerprint density at radius 3 is 3.00 bits per heavy atom. The average Bonchev–Trinajstić information content (AvgIpc) is 2.73. The number of nitrogens with zero attached hydrogens (tertiary/aromatic N) is 2. The molecule has 2 rings (SSSR count). The van der Waals surface area contributed by atoms with E-state index in [2.05, 4.69) is 56.6 Å². The number of hydrogen-bond donors (Lipinski definition) is 1. The first kappa shape index (κ1) is 13.8. The van der Waals surface area contributed by atoms with Crippen molar-refractivity contribution in [2.75, 3.05) is 5.32 Å². The van der Waals surface area contributed by atoms with Gasteiger partial charge in [-0.05, 0) is 32.0 Å². The summed E-state index contributed by atoms with van der Waals surface area (Å²) in [7, 11) is 0. The SMILES string of the molecule is CC(C)Nc1nc(CSc2cccc(Br)c2)ns1. The molecule has 3 nitrogen and oxygen atoms in total. The lowest BCUT2D eigenvalue weighted by atomic mass is 10.4. The molecule has 0 aliphatic heterocycles. The zero-order chi connectivity index (χ0) is 13.0. The lowest BCUT2D eigenvalue weighted by Crippen LogP contribution is -2.09. The first-order valence-corrected chi connectivity index (χ1v) is 8.16. The number of benzene rings is 1. The van der Waals surface area contributed by atoms with E-state index in [1.807, 2.05) is 12.1 Å². The third-order valence-electron chi connectivity index (χ3n) is 2.04. The number of anilines is 1. The van der Waals surface area contributed by atoms with Crippen molar-refractivity contribution in [1.29, 1.82) is 0 Å². The number of thioether (sulfide) groups is 1. The normalized spacial score (nSPS) is 10.9. The summed E-state index contributed by atoms with van der Waals surface area (Å²) < 4.78 is 5.44. The predicted molar refractivity (Wildman–Crippen MR) is 82.4 cm³/mol. The first-order valence-electron chi connectivity index (χ1n) is 5.61. The molecule has 1 aromatic heterocycles. The fourth-order valence-corrected chi connectivity index (χ4v) is 3.50. The summed E-state index contributed by atoms with van der Waals surface area (Å²) in [6.45, 7) is 4.19. The molecule has 1 N–H and O–H groups in total. The molecule has 0 aliphatic carbocycles. The molecule has 0 unspecified atom stereocenters. The van der Waals surface area contributed by atoms with E-state index in [0.29, 0.717) is 6.04 Å². The molecule has 0 bridgehead atoms. The van der Waals surface area contributed by atoms with Gasteiger partial charge in [0.05, 0.1) is 5.75 Å². The van der Waals surface area contributed by atoms with Gasteiger partial charge in [-0.15, -0.1) is 11.8 Å². The van der Waals surface area contributed by atoms with Crippen LogP contribution < -0.4 is 5.32 Å². The highest BCUT2D eigenvalue weighted by molar-refractivity contribution is 9.10. The minimum absolute atomic E-state index is 0.392. The van der Waals surface area contributed by atoms with E-state index in [1.54, 1.807) is 11.8 Å². The maximum atomic E-state index is 4.45. The smallest absolute Gasteiger partial charge is 0.202 e. The number of hydrogen-bond acceptors (Lipinski definition) is 5. The van der Waals surface area contributed by atoms with Crippen molar-refractivity contribution >= 4 is 44.4 Å². The Morgan fingerprint density at radius 1 is 1.44 bits per heavy atom. The van der Waals surface area contributed by atoms with E-state index in [4.69, 9.17) is 0 Å². The minimum Gasteiger partial charge on any atom is -0.358 e. The Hall–Kier alpha value is -0.590. The molecule has 0 fully saturated rings. The Bertz CT molecular complexity index is 514. The van der Waals surface area contributed by atoms with E-state index in [1.165, 1.54) is 16.4 Å². The van der Waals surface area contributed by atoms with E-state index in [0.717, 1.165) is 21.2 Å². The van der Waals surface area contributed by atoms with Crippen LogP contribution in [0.3, 0.4) is 0 Å². The fourth-order valence-electron chi connectivity index (χ4n) is 1.32. The lowest BCUT2D eigenvalue weighted by molar-refractivity contribution is 0.894. The Balaban J connectivity index is 1.92. The molecule has 1 aromatic carbocycles. The highest BCUT2D eigenvalue weighted by Crippen LogP contribution is 2.25. The number of aromatic nitrogens is 2. The van der Waals surface area contributed by atoms with Gasteiger partial charge in [-0.1, -0.05) is 22.0 Å². The van der Waals surface area contributed by atoms with Gasteiger partial charge in [0, 0.05) is 26.9 Å².